The van der Waals surface area contributed by atoms with Crippen LogP contribution >= 0.6 is 23.4 Å². The second kappa shape index (κ2) is 7.73. The van der Waals surface area contributed by atoms with Crippen molar-refractivity contribution in [2.75, 3.05) is 12.4 Å². The third-order valence-corrected chi connectivity index (χ3v) is 4.74. The topological polar surface area (TPSA) is 39.9 Å². The summed E-state index contributed by atoms with van der Waals surface area (Å²) < 4.78 is 7.70. The fourth-order valence-electron chi connectivity index (χ4n) is 2.24. The molecule has 24 heavy (non-hydrogen) atoms. The standard InChI is InChI=1S/C18H18ClN3OS/c1-13-6-8-14(9-7-13)17-20-21-18(22(17)2)24-11-10-23-16-5-3-4-15(19)12-16/h3-9,12H,10-11H2,1-2H3. The van der Waals surface area contributed by atoms with E-state index >= 15 is 0 Å². The monoisotopic (exact) mass is 359 g/mol. The van der Waals surface area contributed by atoms with Crippen molar-refractivity contribution in [3.05, 3.63) is 59.1 Å². The fraction of sp³-hybridized carbons (Fsp3) is 0.222. The Morgan fingerprint density at radius 1 is 1.12 bits per heavy atom. The second-order valence-corrected chi connectivity index (χ2v) is 6.88. The minimum atomic E-state index is 0.581. The summed E-state index contributed by atoms with van der Waals surface area (Å²) in [4.78, 5) is 0. The molecule has 0 amide bonds. The molecule has 0 spiro atoms. The molecule has 3 rings (SSSR count). The molecule has 1 aromatic heterocycles. The number of benzene rings is 2. The maximum Gasteiger partial charge on any atom is 0.191 e. The molecule has 1 heterocycles. The zero-order chi connectivity index (χ0) is 16.9. The SMILES string of the molecule is Cc1ccc(-c2nnc(SCCOc3cccc(Cl)c3)n2C)cc1. The number of ether oxygens (including phenoxy) is 1. The van der Waals surface area contributed by atoms with Crippen molar-refractivity contribution >= 4 is 23.4 Å². The van der Waals surface area contributed by atoms with E-state index in [2.05, 4.69) is 41.4 Å². The highest BCUT2D eigenvalue weighted by Gasteiger charge is 2.11. The maximum absolute atomic E-state index is 5.94. The lowest BCUT2D eigenvalue weighted by Gasteiger charge is -2.06. The zero-order valence-electron chi connectivity index (χ0n) is 13.6. The molecule has 0 atom stereocenters. The minimum Gasteiger partial charge on any atom is -0.493 e. The Bertz CT molecular complexity index is 817. The number of hydrogen-bond acceptors (Lipinski definition) is 4. The molecule has 0 aliphatic carbocycles. The van der Waals surface area contributed by atoms with Gasteiger partial charge in [-0.05, 0) is 25.1 Å². The van der Waals surface area contributed by atoms with E-state index < -0.39 is 0 Å². The molecule has 0 unspecified atom stereocenters. The van der Waals surface area contributed by atoms with Crippen molar-refractivity contribution in [1.29, 1.82) is 0 Å². The lowest BCUT2D eigenvalue weighted by molar-refractivity contribution is 0.344. The smallest absolute Gasteiger partial charge is 0.191 e. The van der Waals surface area contributed by atoms with E-state index in [4.69, 9.17) is 16.3 Å². The molecular weight excluding hydrogens is 342 g/mol. The first-order valence-corrected chi connectivity index (χ1v) is 8.97. The van der Waals surface area contributed by atoms with Crippen molar-refractivity contribution in [1.82, 2.24) is 14.8 Å². The van der Waals surface area contributed by atoms with E-state index in [-0.39, 0.29) is 0 Å². The number of hydrogen-bond donors (Lipinski definition) is 0. The molecule has 4 nitrogen and oxygen atoms in total. The van der Waals surface area contributed by atoms with E-state index in [0.29, 0.717) is 11.6 Å². The number of aromatic nitrogens is 3. The summed E-state index contributed by atoms with van der Waals surface area (Å²) in [5.74, 6) is 2.43. The summed E-state index contributed by atoms with van der Waals surface area (Å²) in [7, 11) is 1.98. The van der Waals surface area contributed by atoms with Gasteiger partial charge in [-0.3, -0.25) is 0 Å². The molecule has 124 valence electrons. The van der Waals surface area contributed by atoms with Gasteiger partial charge in [0.25, 0.3) is 0 Å². The van der Waals surface area contributed by atoms with Gasteiger partial charge in [-0.15, -0.1) is 10.2 Å². The summed E-state index contributed by atoms with van der Waals surface area (Å²) in [5.41, 5.74) is 2.30. The van der Waals surface area contributed by atoms with Crippen LogP contribution in [-0.4, -0.2) is 27.1 Å². The molecule has 0 aliphatic rings. The first kappa shape index (κ1) is 16.9. The molecule has 0 saturated carbocycles. The van der Waals surface area contributed by atoms with Crippen molar-refractivity contribution in [2.45, 2.75) is 12.1 Å². The van der Waals surface area contributed by atoms with E-state index in [9.17, 15) is 0 Å². The third kappa shape index (κ3) is 4.10. The van der Waals surface area contributed by atoms with Crippen molar-refractivity contribution in [3.63, 3.8) is 0 Å². The highest BCUT2D eigenvalue weighted by atomic mass is 35.5. The maximum atomic E-state index is 5.94. The number of thioether (sulfide) groups is 1. The predicted octanol–water partition coefficient (Wildman–Crippen LogP) is 4.62. The quantitative estimate of drug-likeness (QED) is 0.475. The molecule has 0 radical (unpaired) electrons. The lowest BCUT2D eigenvalue weighted by Crippen LogP contribution is -2.02. The van der Waals surface area contributed by atoms with Crippen molar-refractivity contribution in [3.8, 4) is 17.1 Å². The van der Waals surface area contributed by atoms with Gasteiger partial charge in [0.1, 0.15) is 5.75 Å². The van der Waals surface area contributed by atoms with Gasteiger partial charge in [0.15, 0.2) is 11.0 Å². The van der Waals surface area contributed by atoms with Crippen LogP contribution < -0.4 is 4.74 Å². The molecule has 0 saturated heterocycles. The van der Waals surface area contributed by atoms with Gasteiger partial charge in [0.05, 0.1) is 6.61 Å². The predicted molar refractivity (Wildman–Crippen MR) is 98.8 cm³/mol. The van der Waals surface area contributed by atoms with Gasteiger partial charge in [0, 0.05) is 23.4 Å². The van der Waals surface area contributed by atoms with Crippen LogP contribution in [0.3, 0.4) is 0 Å². The number of nitrogens with zero attached hydrogens (tertiary/aromatic N) is 3. The van der Waals surface area contributed by atoms with Crippen LogP contribution in [-0.2, 0) is 7.05 Å². The largest absolute Gasteiger partial charge is 0.493 e. The Labute approximate surface area is 150 Å². The summed E-state index contributed by atoms with van der Waals surface area (Å²) >= 11 is 7.56. The summed E-state index contributed by atoms with van der Waals surface area (Å²) in [6.07, 6.45) is 0. The lowest BCUT2D eigenvalue weighted by atomic mass is 10.1. The van der Waals surface area contributed by atoms with E-state index in [1.165, 1.54) is 5.56 Å². The van der Waals surface area contributed by atoms with Crippen LogP contribution in [0.5, 0.6) is 5.75 Å². The van der Waals surface area contributed by atoms with Crippen LogP contribution in [0.1, 0.15) is 5.56 Å². The molecule has 0 aliphatic heterocycles. The van der Waals surface area contributed by atoms with Crippen LogP contribution in [0.2, 0.25) is 5.02 Å². The first-order chi connectivity index (χ1) is 11.6. The third-order valence-electron chi connectivity index (χ3n) is 3.52. The average molecular weight is 360 g/mol. The fourth-order valence-corrected chi connectivity index (χ4v) is 3.15. The molecule has 0 N–H and O–H groups in total. The minimum absolute atomic E-state index is 0.581. The van der Waals surface area contributed by atoms with Crippen LogP contribution in [0, 0.1) is 6.92 Å². The molecule has 6 heteroatoms. The average Bonchev–Trinajstić information content (AvgIpc) is 2.93. The highest BCUT2D eigenvalue weighted by molar-refractivity contribution is 7.99. The van der Waals surface area contributed by atoms with Gasteiger partial charge in [-0.2, -0.15) is 0 Å². The summed E-state index contributed by atoms with van der Waals surface area (Å²) in [5, 5.41) is 10.1. The Hall–Kier alpha value is -1.98. The van der Waals surface area contributed by atoms with Crippen LogP contribution in [0.4, 0.5) is 0 Å². The Morgan fingerprint density at radius 3 is 2.67 bits per heavy atom. The normalized spacial score (nSPS) is 10.8. The van der Waals surface area contributed by atoms with Crippen LogP contribution in [0.25, 0.3) is 11.4 Å². The van der Waals surface area contributed by atoms with Crippen molar-refractivity contribution in [2.24, 2.45) is 7.05 Å². The van der Waals surface area contributed by atoms with E-state index in [1.54, 1.807) is 11.8 Å². The van der Waals surface area contributed by atoms with E-state index in [1.807, 2.05) is 35.9 Å². The van der Waals surface area contributed by atoms with Gasteiger partial charge >= 0.3 is 0 Å². The van der Waals surface area contributed by atoms with Gasteiger partial charge in [-0.25, -0.2) is 0 Å². The number of halogens is 1. The van der Waals surface area contributed by atoms with Gasteiger partial charge in [-0.1, -0.05) is 59.3 Å². The Kier molecular flexibility index (Phi) is 5.43. The van der Waals surface area contributed by atoms with E-state index in [0.717, 1.165) is 28.0 Å². The molecule has 2 aromatic carbocycles. The van der Waals surface area contributed by atoms with Gasteiger partial charge < -0.3 is 9.30 Å². The molecule has 0 fully saturated rings. The van der Waals surface area contributed by atoms with Gasteiger partial charge in [0.2, 0.25) is 0 Å². The summed E-state index contributed by atoms with van der Waals surface area (Å²) in [6, 6.07) is 15.7. The second-order valence-electron chi connectivity index (χ2n) is 5.39. The van der Waals surface area contributed by atoms with Crippen molar-refractivity contribution < 1.29 is 4.74 Å². The molecular formula is C18H18ClN3OS. The number of aryl methyl sites for hydroxylation is 1. The summed E-state index contributed by atoms with van der Waals surface area (Å²) in [6.45, 7) is 2.65. The number of rotatable bonds is 6. The molecule has 3 aromatic rings. The zero-order valence-corrected chi connectivity index (χ0v) is 15.1. The first-order valence-electron chi connectivity index (χ1n) is 7.61. The Morgan fingerprint density at radius 2 is 1.92 bits per heavy atom. The Balaban J connectivity index is 1.57. The molecule has 0 bridgehead atoms. The highest BCUT2D eigenvalue weighted by Crippen LogP contribution is 2.23. The van der Waals surface area contributed by atoms with Crippen LogP contribution in [0.15, 0.2) is 53.7 Å².